The number of rotatable bonds is 9. The number of alkyl halides is 3. The molecule has 0 aliphatic heterocycles. The van der Waals surface area contributed by atoms with E-state index >= 15 is 0 Å². The van der Waals surface area contributed by atoms with Crippen LogP contribution in [0.25, 0.3) is 16.5 Å². The summed E-state index contributed by atoms with van der Waals surface area (Å²) in [5.41, 5.74) is -2.06. The molecule has 0 aliphatic carbocycles. The summed E-state index contributed by atoms with van der Waals surface area (Å²) in [5, 5.41) is 13.7. The number of carboxylic acid groups (broad SMARTS) is 1. The van der Waals surface area contributed by atoms with E-state index in [0.717, 1.165) is 28.5 Å². The van der Waals surface area contributed by atoms with E-state index in [4.69, 9.17) is 0 Å². The molecule has 0 bridgehead atoms. The van der Waals surface area contributed by atoms with Gasteiger partial charge in [0.25, 0.3) is 5.56 Å². The molecular weight excluding hydrogens is 571 g/mol. The highest BCUT2D eigenvalue weighted by molar-refractivity contribution is 7.99. The maximum absolute atomic E-state index is 13.2. The number of aryl methyl sites for hydroxylation is 1. The van der Waals surface area contributed by atoms with E-state index < -0.39 is 46.3 Å². The number of benzene rings is 3. The van der Waals surface area contributed by atoms with Crippen molar-refractivity contribution in [3.05, 3.63) is 105 Å². The van der Waals surface area contributed by atoms with Gasteiger partial charge in [0.05, 0.1) is 16.7 Å². The SMILES string of the molecule is Cn1ccc(=O)n(-c2cccc3c(C[C@H](NC(=O)C(C)(C)CSc4cccc(C(F)(F)F)c4)C(=O)O)cccc23)c1=O. The third kappa shape index (κ3) is 6.59. The van der Waals surface area contributed by atoms with Crippen LogP contribution >= 0.6 is 11.8 Å². The number of nitrogens with one attached hydrogen (secondary N) is 1. The number of thioether (sulfide) groups is 1. The molecular formula is C30H28F3N3O5S. The molecule has 3 aromatic carbocycles. The number of amides is 1. The molecule has 8 nitrogen and oxygen atoms in total. The molecule has 4 aromatic rings. The molecule has 220 valence electrons. The van der Waals surface area contributed by atoms with Gasteiger partial charge in [-0.1, -0.05) is 50.2 Å². The number of hydrogen-bond acceptors (Lipinski definition) is 5. The van der Waals surface area contributed by atoms with E-state index in [1.165, 1.54) is 36.0 Å². The summed E-state index contributed by atoms with van der Waals surface area (Å²) in [4.78, 5) is 51.1. The van der Waals surface area contributed by atoms with Crippen molar-refractivity contribution in [2.45, 2.75) is 37.4 Å². The van der Waals surface area contributed by atoms with Crippen LogP contribution in [-0.4, -0.2) is 37.9 Å². The highest BCUT2D eigenvalue weighted by Crippen LogP contribution is 2.34. The lowest BCUT2D eigenvalue weighted by Gasteiger charge is -2.26. The molecule has 42 heavy (non-hydrogen) atoms. The summed E-state index contributed by atoms with van der Waals surface area (Å²) >= 11 is 1.07. The van der Waals surface area contributed by atoms with Crippen LogP contribution in [0, 0.1) is 5.41 Å². The zero-order chi connectivity index (χ0) is 30.8. The Morgan fingerprint density at radius 2 is 1.64 bits per heavy atom. The zero-order valence-electron chi connectivity index (χ0n) is 22.9. The third-order valence-corrected chi connectivity index (χ3v) is 8.24. The minimum Gasteiger partial charge on any atom is -0.480 e. The lowest BCUT2D eigenvalue weighted by atomic mass is 9.93. The minimum absolute atomic E-state index is 0.0968. The quantitative estimate of drug-likeness (QED) is 0.272. The molecule has 2 N–H and O–H groups in total. The van der Waals surface area contributed by atoms with E-state index in [-0.39, 0.29) is 12.2 Å². The maximum Gasteiger partial charge on any atom is 0.416 e. The Balaban J connectivity index is 1.57. The fourth-order valence-electron chi connectivity index (χ4n) is 4.38. The Labute approximate surface area is 242 Å². The molecule has 0 saturated carbocycles. The highest BCUT2D eigenvalue weighted by atomic mass is 32.2. The zero-order valence-corrected chi connectivity index (χ0v) is 23.8. The molecule has 12 heteroatoms. The van der Waals surface area contributed by atoms with Crippen LogP contribution in [0.4, 0.5) is 13.2 Å². The Morgan fingerprint density at radius 1 is 0.976 bits per heavy atom. The molecule has 0 fully saturated rings. The summed E-state index contributed by atoms with van der Waals surface area (Å²) in [5.74, 6) is -1.74. The van der Waals surface area contributed by atoms with Gasteiger partial charge in [-0.2, -0.15) is 13.2 Å². The molecule has 1 heterocycles. The van der Waals surface area contributed by atoms with Crippen molar-refractivity contribution in [2.75, 3.05) is 5.75 Å². The normalized spacial score (nSPS) is 12.7. The van der Waals surface area contributed by atoms with Crippen molar-refractivity contribution in [2.24, 2.45) is 12.5 Å². The first-order chi connectivity index (χ1) is 19.7. The summed E-state index contributed by atoms with van der Waals surface area (Å²) in [7, 11) is 1.52. The van der Waals surface area contributed by atoms with Gasteiger partial charge in [0.1, 0.15) is 6.04 Å². The molecule has 1 aromatic heterocycles. The van der Waals surface area contributed by atoms with Crippen molar-refractivity contribution in [3.8, 4) is 5.69 Å². The molecule has 4 rings (SSSR count). The van der Waals surface area contributed by atoms with Gasteiger partial charge in [-0.05, 0) is 35.2 Å². The number of carbonyl (C=O) groups is 2. The minimum atomic E-state index is -4.49. The van der Waals surface area contributed by atoms with E-state index in [1.807, 2.05) is 0 Å². The van der Waals surface area contributed by atoms with Crippen LogP contribution in [0.15, 0.2) is 87.4 Å². The first kappa shape index (κ1) is 30.6. The summed E-state index contributed by atoms with van der Waals surface area (Å²) in [6, 6.07) is 14.8. The number of nitrogens with zero attached hydrogens (tertiary/aromatic N) is 2. The first-order valence-electron chi connectivity index (χ1n) is 12.8. The second-order valence-corrected chi connectivity index (χ2v) is 11.5. The average molecular weight is 600 g/mol. The van der Waals surface area contributed by atoms with Crippen molar-refractivity contribution >= 4 is 34.4 Å². The predicted molar refractivity (Wildman–Crippen MR) is 154 cm³/mol. The summed E-state index contributed by atoms with van der Waals surface area (Å²) in [6.07, 6.45) is -3.22. The average Bonchev–Trinajstić information content (AvgIpc) is 2.93. The number of aromatic nitrogens is 2. The fraction of sp³-hybridized carbons (Fsp3) is 0.267. The maximum atomic E-state index is 13.2. The second kappa shape index (κ2) is 11.9. The molecule has 1 amide bonds. The van der Waals surface area contributed by atoms with E-state index in [9.17, 15) is 37.5 Å². The number of aliphatic carboxylic acids is 1. The van der Waals surface area contributed by atoms with Gasteiger partial charge in [0.15, 0.2) is 0 Å². The van der Waals surface area contributed by atoms with Gasteiger partial charge >= 0.3 is 17.8 Å². The number of carbonyl (C=O) groups excluding carboxylic acids is 1. The number of halogens is 3. The molecule has 0 saturated heterocycles. The predicted octanol–water partition coefficient (Wildman–Crippen LogP) is 4.64. The topological polar surface area (TPSA) is 110 Å². The van der Waals surface area contributed by atoms with Crippen LogP contribution in [0.3, 0.4) is 0 Å². The monoisotopic (exact) mass is 599 g/mol. The molecule has 0 unspecified atom stereocenters. The van der Waals surface area contributed by atoms with Gasteiger partial charge in [-0.3, -0.25) is 9.59 Å². The highest BCUT2D eigenvalue weighted by Gasteiger charge is 2.33. The smallest absolute Gasteiger partial charge is 0.416 e. The number of hydrogen-bond donors (Lipinski definition) is 2. The summed E-state index contributed by atoms with van der Waals surface area (Å²) < 4.78 is 41.5. The number of fused-ring (bicyclic) bond motifs is 1. The van der Waals surface area contributed by atoms with Crippen molar-refractivity contribution in [1.29, 1.82) is 0 Å². The first-order valence-corrected chi connectivity index (χ1v) is 13.8. The molecule has 0 spiro atoms. The van der Waals surface area contributed by atoms with Crippen LogP contribution in [0.5, 0.6) is 0 Å². The standard InChI is InChI=1S/C30H28F3N3O5S/c1-29(2,17-42-20-9-5-8-19(16-20)30(31,32)33)27(40)34-23(26(38)39)15-18-7-4-11-22-21(18)10-6-12-24(22)36-25(37)13-14-35(3)28(36)41/h4-14,16,23H,15,17H2,1-3H3,(H,34,40)(H,38,39)/t23-/m0/s1. The second-order valence-electron chi connectivity index (χ2n) is 10.4. The van der Waals surface area contributed by atoms with Gasteiger partial charge < -0.3 is 15.0 Å². The number of carboxylic acids is 1. The van der Waals surface area contributed by atoms with Crippen molar-refractivity contribution in [1.82, 2.24) is 14.5 Å². The Hall–Kier alpha value is -4.32. The van der Waals surface area contributed by atoms with Crippen LogP contribution in [0.2, 0.25) is 0 Å². The summed E-state index contributed by atoms with van der Waals surface area (Å²) in [6.45, 7) is 3.17. The van der Waals surface area contributed by atoms with Crippen molar-refractivity contribution < 1.29 is 27.9 Å². The van der Waals surface area contributed by atoms with E-state index in [0.29, 0.717) is 26.9 Å². The Kier molecular flexibility index (Phi) is 8.67. The van der Waals surface area contributed by atoms with Gasteiger partial charge in [-0.15, -0.1) is 11.8 Å². The van der Waals surface area contributed by atoms with Crippen LogP contribution < -0.4 is 16.6 Å². The van der Waals surface area contributed by atoms with Gasteiger partial charge in [0.2, 0.25) is 5.91 Å². The fourth-order valence-corrected chi connectivity index (χ4v) is 5.43. The molecule has 1 atom stereocenters. The van der Waals surface area contributed by atoms with Crippen LogP contribution in [-0.2, 0) is 29.2 Å². The lowest BCUT2D eigenvalue weighted by molar-refractivity contribution is -0.143. The van der Waals surface area contributed by atoms with Gasteiger partial charge in [-0.25, -0.2) is 14.2 Å². The largest absolute Gasteiger partial charge is 0.480 e. The van der Waals surface area contributed by atoms with Crippen LogP contribution in [0.1, 0.15) is 25.0 Å². The Morgan fingerprint density at radius 3 is 2.33 bits per heavy atom. The third-order valence-electron chi connectivity index (χ3n) is 6.79. The van der Waals surface area contributed by atoms with E-state index in [2.05, 4.69) is 5.32 Å². The lowest BCUT2D eigenvalue weighted by Crippen LogP contribution is -2.48. The Bertz CT molecular complexity index is 1780. The van der Waals surface area contributed by atoms with Crippen molar-refractivity contribution in [3.63, 3.8) is 0 Å². The molecule has 0 aliphatic rings. The molecule has 0 radical (unpaired) electrons. The van der Waals surface area contributed by atoms with Gasteiger partial charge in [0, 0.05) is 41.8 Å². The van der Waals surface area contributed by atoms with E-state index in [1.54, 1.807) is 50.2 Å².